The zero-order valence-corrected chi connectivity index (χ0v) is 14.0. The van der Waals surface area contributed by atoms with E-state index >= 15 is 0 Å². The van der Waals surface area contributed by atoms with Gasteiger partial charge >= 0.3 is 5.97 Å². The maximum absolute atomic E-state index is 13.2. The minimum Gasteiger partial charge on any atom is -0.480 e. The van der Waals surface area contributed by atoms with Crippen molar-refractivity contribution >= 4 is 17.7 Å². The van der Waals surface area contributed by atoms with Crippen molar-refractivity contribution in [1.82, 2.24) is 0 Å². The van der Waals surface area contributed by atoms with Crippen LogP contribution >= 0.6 is 11.8 Å². The van der Waals surface area contributed by atoms with Crippen LogP contribution in [0.1, 0.15) is 60.3 Å². The van der Waals surface area contributed by atoms with E-state index in [0.29, 0.717) is 18.6 Å². The average molecular weight is 310 g/mol. The standard InChI is InChI=1S/C15H28F2O2S/c1-6-14(16,17)8-7-9-20-15(12(4)5,13(18)19)10-11(2)3/h11-12H,6-10H2,1-5H3,(H,18,19). The summed E-state index contributed by atoms with van der Waals surface area (Å²) in [6.07, 6.45) is 0.601. The third-order valence-corrected chi connectivity index (χ3v) is 5.39. The van der Waals surface area contributed by atoms with Crippen LogP contribution in [0.15, 0.2) is 0 Å². The molecule has 0 aliphatic heterocycles. The van der Waals surface area contributed by atoms with E-state index in [9.17, 15) is 18.7 Å². The van der Waals surface area contributed by atoms with Crippen molar-refractivity contribution in [2.24, 2.45) is 11.8 Å². The first-order valence-electron chi connectivity index (χ1n) is 7.32. The molecule has 1 N–H and O–H groups in total. The number of hydrogen-bond acceptors (Lipinski definition) is 2. The summed E-state index contributed by atoms with van der Waals surface area (Å²) < 4.78 is 25.5. The molecular formula is C15H28F2O2S. The molecular weight excluding hydrogens is 282 g/mol. The summed E-state index contributed by atoms with van der Waals surface area (Å²) in [5, 5.41) is 9.58. The van der Waals surface area contributed by atoms with Crippen molar-refractivity contribution in [2.75, 3.05) is 5.75 Å². The number of carboxylic acids is 1. The highest BCUT2D eigenvalue weighted by atomic mass is 32.2. The molecule has 2 nitrogen and oxygen atoms in total. The highest BCUT2D eigenvalue weighted by Gasteiger charge is 2.42. The third-order valence-electron chi connectivity index (χ3n) is 3.57. The molecule has 0 aromatic heterocycles. The second-order valence-corrected chi connectivity index (χ2v) is 7.53. The van der Waals surface area contributed by atoms with Crippen LogP contribution in [-0.2, 0) is 4.79 Å². The van der Waals surface area contributed by atoms with E-state index in [-0.39, 0.29) is 24.7 Å². The van der Waals surface area contributed by atoms with Gasteiger partial charge in [0.05, 0.1) is 0 Å². The lowest BCUT2D eigenvalue weighted by molar-refractivity contribution is -0.141. The molecule has 0 fully saturated rings. The van der Waals surface area contributed by atoms with Gasteiger partial charge in [-0.15, -0.1) is 11.8 Å². The molecule has 120 valence electrons. The number of halogens is 2. The van der Waals surface area contributed by atoms with Gasteiger partial charge in [-0.05, 0) is 30.4 Å². The summed E-state index contributed by atoms with van der Waals surface area (Å²) in [6.45, 7) is 9.24. The Bertz CT molecular complexity index is 306. The molecule has 0 saturated heterocycles. The lowest BCUT2D eigenvalue weighted by Gasteiger charge is -2.34. The Labute approximate surface area is 125 Å². The topological polar surface area (TPSA) is 37.3 Å². The first kappa shape index (κ1) is 19.7. The SMILES string of the molecule is CCC(F)(F)CCCSC(CC(C)C)(C(=O)O)C(C)C. The van der Waals surface area contributed by atoms with E-state index in [1.165, 1.54) is 18.7 Å². The Morgan fingerprint density at radius 3 is 2.15 bits per heavy atom. The molecule has 5 heteroatoms. The second-order valence-electron chi connectivity index (χ2n) is 6.11. The number of alkyl halides is 2. The van der Waals surface area contributed by atoms with Crippen LogP contribution in [0.3, 0.4) is 0 Å². The van der Waals surface area contributed by atoms with Crippen molar-refractivity contribution in [2.45, 2.75) is 71.0 Å². The molecule has 0 amide bonds. The number of carboxylic acid groups (broad SMARTS) is 1. The summed E-state index contributed by atoms with van der Waals surface area (Å²) in [5.74, 6) is -2.75. The summed E-state index contributed by atoms with van der Waals surface area (Å²) in [5.41, 5.74) is 0. The predicted molar refractivity (Wildman–Crippen MR) is 81.6 cm³/mol. The van der Waals surface area contributed by atoms with Gasteiger partial charge < -0.3 is 5.11 Å². The largest absolute Gasteiger partial charge is 0.480 e. The minimum absolute atomic E-state index is 0.0286. The van der Waals surface area contributed by atoms with E-state index < -0.39 is 16.6 Å². The van der Waals surface area contributed by atoms with Gasteiger partial charge in [-0.1, -0.05) is 34.6 Å². The molecule has 20 heavy (non-hydrogen) atoms. The predicted octanol–water partition coefficient (Wildman–Crippen LogP) is 5.07. The Morgan fingerprint density at radius 1 is 1.25 bits per heavy atom. The van der Waals surface area contributed by atoms with E-state index in [4.69, 9.17) is 0 Å². The van der Waals surface area contributed by atoms with Crippen molar-refractivity contribution < 1.29 is 18.7 Å². The quantitative estimate of drug-likeness (QED) is 0.572. The van der Waals surface area contributed by atoms with Gasteiger partial charge in [-0.3, -0.25) is 4.79 Å². The number of aliphatic carboxylic acids is 1. The summed E-state index contributed by atoms with van der Waals surface area (Å²) >= 11 is 1.33. The third kappa shape index (κ3) is 5.98. The fraction of sp³-hybridized carbons (Fsp3) is 0.933. The molecule has 0 aliphatic rings. The molecule has 0 radical (unpaired) electrons. The van der Waals surface area contributed by atoms with Gasteiger partial charge in [0.25, 0.3) is 0 Å². The fourth-order valence-corrected chi connectivity index (χ4v) is 3.79. The van der Waals surface area contributed by atoms with Gasteiger partial charge in [0.1, 0.15) is 4.75 Å². The smallest absolute Gasteiger partial charge is 0.320 e. The molecule has 0 aromatic carbocycles. The molecule has 0 saturated carbocycles. The monoisotopic (exact) mass is 310 g/mol. The van der Waals surface area contributed by atoms with Gasteiger partial charge in [-0.2, -0.15) is 0 Å². The number of hydrogen-bond donors (Lipinski definition) is 1. The zero-order valence-electron chi connectivity index (χ0n) is 13.2. The maximum Gasteiger partial charge on any atom is 0.320 e. The summed E-state index contributed by atoms with van der Waals surface area (Å²) in [7, 11) is 0. The highest BCUT2D eigenvalue weighted by molar-refractivity contribution is 8.01. The Balaban J connectivity index is 4.63. The number of thioether (sulfide) groups is 1. The van der Waals surface area contributed by atoms with Crippen LogP contribution in [0, 0.1) is 11.8 Å². The number of rotatable bonds is 10. The Morgan fingerprint density at radius 2 is 1.80 bits per heavy atom. The van der Waals surface area contributed by atoms with Gasteiger partial charge in [0.15, 0.2) is 0 Å². The average Bonchev–Trinajstić information content (AvgIpc) is 2.31. The maximum atomic E-state index is 13.2. The molecule has 0 aromatic rings. The lowest BCUT2D eigenvalue weighted by atomic mass is 9.86. The van der Waals surface area contributed by atoms with Gasteiger partial charge in [0, 0.05) is 12.8 Å². The summed E-state index contributed by atoms with van der Waals surface area (Å²) in [4.78, 5) is 11.7. The lowest BCUT2D eigenvalue weighted by Crippen LogP contribution is -2.42. The molecule has 0 heterocycles. The van der Waals surface area contributed by atoms with Crippen LogP contribution < -0.4 is 0 Å². The molecule has 0 spiro atoms. The van der Waals surface area contributed by atoms with Crippen molar-refractivity contribution in [3.63, 3.8) is 0 Å². The summed E-state index contributed by atoms with van der Waals surface area (Å²) in [6, 6.07) is 0. The van der Waals surface area contributed by atoms with E-state index in [1.807, 2.05) is 27.7 Å². The first-order chi connectivity index (χ1) is 9.07. The second kappa shape index (κ2) is 8.20. The van der Waals surface area contributed by atoms with E-state index in [0.717, 1.165) is 0 Å². The van der Waals surface area contributed by atoms with Crippen LogP contribution in [0.5, 0.6) is 0 Å². The molecule has 0 aliphatic carbocycles. The Hall–Kier alpha value is -0.320. The molecule has 1 atom stereocenters. The van der Waals surface area contributed by atoms with Crippen LogP contribution in [0.4, 0.5) is 8.78 Å². The normalized spacial score (nSPS) is 15.7. The van der Waals surface area contributed by atoms with E-state index in [2.05, 4.69) is 0 Å². The number of carbonyl (C=O) groups is 1. The van der Waals surface area contributed by atoms with E-state index in [1.54, 1.807) is 0 Å². The minimum atomic E-state index is -2.62. The highest BCUT2D eigenvalue weighted by Crippen LogP contribution is 2.40. The first-order valence-corrected chi connectivity index (χ1v) is 8.31. The van der Waals surface area contributed by atoms with Crippen molar-refractivity contribution in [3.8, 4) is 0 Å². The van der Waals surface area contributed by atoms with Crippen molar-refractivity contribution in [3.05, 3.63) is 0 Å². The van der Waals surface area contributed by atoms with Gasteiger partial charge in [0.2, 0.25) is 5.92 Å². The van der Waals surface area contributed by atoms with Gasteiger partial charge in [-0.25, -0.2) is 8.78 Å². The molecule has 0 bridgehead atoms. The molecule has 1 unspecified atom stereocenters. The zero-order chi connectivity index (χ0) is 16.0. The molecule has 0 rings (SSSR count). The van der Waals surface area contributed by atoms with Crippen LogP contribution in [0.2, 0.25) is 0 Å². The van der Waals surface area contributed by atoms with Crippen LogP contribution in [0.25, 0.3) is 0 Å². The van der Waals surface area contributed by atoms with Crippen molar-refractivity contribution in [1.29, 1.82) is 0 Å². The van der Waals surface area contributed by atoms with Crippen LogP contribution in [-0.4, -0.2) is 27.5 Å². The fourth-order valence-electron chi connectivity index (χ4n) is 2.23. The Kier molecular flexibility index (Phi) is 8.07.